The van der Waals surface area contributed by atoms with Crippen LogP contribution in [0.25, 0.3) is 0 Å². The van der Waals surface area contributed by atoms with Crippen LogP contribution in [0, 0.1) is 5.92 Å². The van der Waals surface area contributed by atoms with Gasteiger partial charge in [0.05, 0.1) is 0 Å². The number of likely N-dealkylation sites (tertiary alicyclic amines) is 1. The first-order valence-corrected chi connectivity index (χ1v) is 6.04. The van der Waals surface area contributed by atoms with E-state index < -0.39 is 0 Å². The summed E-state index contributed by atoms with van der Waals surface area (Å²) in [4.78, 5) is 25.5. The summed E-state index contributed by atoms with van der Waals surface area (Å²) < 4.78 is 1.47. The maximum atomic E-state index is 12.2. The number of hydrogen-bond acceptors (Lipinski definition) is 2. The number of pyridine rings is 1. The van der Waals surface area contributed by atoms with E-state index in [-0.39, 0.29) is 11.5 Å². The van der Waals surface area contributed by atoms with Crippen molar-refractivity contribution in [1.82, 2.24) is 9.47 Å². The van der Waals surface area contributed by atoms with E-state index in [0.29, 0.717) is 11.5 Å². The average Bonchev–Trinajstić information content (AvgIpc) is 2.32. The number of piperidine rings is 1. The SMILES string of the molecule is CC1CCCN(C(=O)c2ccn(C)c(=O)c2)C1. The first kappa shape index (κ1) is 11.9. The third-order valence-electron chi connectivity index (χ3n) is 3.30. The molecule has 1 saturated heterocycles. The molecule has 1 amide bonds. The summed E-state index contributed by atoms with van der Waals surface area (Å²) in [6.07, 6.45) is 3.88. The third kappa shape index (κ3) is 2.57. The van der Waals surface area contributed by atoms with Crippen LogP contribution in [0.3, 0.4) is 0 Å². The zero-order chi connectivity index (χ0) is 12.4. The fourth-order valence-electron chi connectivity index (χ4n) is 2.24. The Morgan fingerprint density at radius 1 is 1.47 bits per heavy atom. The first-order valence-electron chi connectivity index (χ1n) is 6.04. The topological polar surface area (TPSA) is 42.3 Å². The van der Waals surface area contributed by atoms with E-state index in [4.69, 9.17) is 0 Å². The first-order chi connectivity index (χ1) is 8.08. The van der Waals surface area contributed by atoms with Crippen molar-refractivity contribution < 1.29 is 4.79 Å². The fourth-order valence-corrected chi connectivity index (χ4v) is 2.24. The molecule has 4 nitrogen and oxygen atoms in total. The van der Waals surface area contributed by atoms with Crippen LogP contribution in [0.1, 0.15) is 30.1 Å². The molecule has 1 unspecified atom stereocenters. The van der Waals surface area contributed by atoms with E-state index in [2.05, 4.69) is 6.92 Å². The van der Waals surface area contributed by atoms with E-state index >= 15 is 0 Å². The second kappa shape index (κ2) is 4.73. The van der Waals surface area contributed by atoms with Gasteiger partial charge in [0.15, 0.2) is 0 Å². The summed E-state index contributed by atoms with van der Waals surface area (Å²) in [5.41, 5.74) is 0.364. The molecule has 1 aromatic rings. The monoisotopic (exact) mass is 234 g/mol. The summed E-state index contributed by atoms with van der Waals surface area (Å²) in [5, 5.41) is 0. The van der Waals surface area contributed by atoms with Crippen molar-refractivity contribution in [3.05, 3.63) is 34.2 Å². The quantitative estimate of drug-likeness (QED) is 0.734. The number of aromatic nitrogens is 1. The highest BCUT2D eigenvalue weighted by atomic mass is 16.2. The highest BCUT2D eigenvalue weighted by Crippen LogP contribution is 2.17. The maximum Gasteiger partial charge on any atom is 0.254 e. The van der Waals surface area contributed by atoms with Crippen molar-refractivity contribution in [2.45, 2.75) is 19.8 Å². The Morgan fingerprint density at radius 3 is 2.88 bits per heavy atom. The minimum atomic E-state index is -0.138. The van der Waals surface area contributed by atoms with Crippen LogP contribution in [-0.4, -0.2) is 28.5 Å². The van der Waals surface area contributed by atoms with Crippen LogP contribution in [-0.2, 0) is 7.05 Å². The number of nitrogens with zero attached hydrogens (tertiary/aromatic N) is 2. The molecule has 0 bridgehead atoms. The van der Waals surface area contributed by atoms with Gasteiger partial charge < -0.3 is 9.47 Å². The summed E-state index contributed by atoms with van der Waals surface area (Å²) >= 11 is 0. The van der Waals surface area contributed by atoms with E-state index in [1.165, 1.54) is 17.1 Å². The zero-order valence-electron chi connectivity index (χ0n) is 10.3. The van der Waals surface area contributed by atoms with Crippen LogP contribution in [0.5, 0.6) is 0 Å². The van der Waals surface area contributed by atoms with Crippen LogP contribution in [0.4, 0.5) is 0 Å². The lowest BCUT2D eigenvalue weighted by Crippen LogP contribution is -2.39. The zero-order valence-corrected chi connectivity index (χ0v) is 10.3. The summed E-state index contributed by atoms with van der Waals surface area (Å²) in [5.74, 6) is 0.536. The van der Waals surface area contributed by atoms with Gasteiger partial charge in [-0.05, 0) is 24.8 Å². The van der Waals surface area contributed by atoms with Crippen LogP contribution < -0.4 is 5.56 Å². The average molecular weight is 234 g/mol. The molecule has 0 N–H and O–H groups in total. The van der Waals surface area contributed by atoms with Gasteiger partial charge in [0.1, 0.15) is 0 Å². The van der Waals surface area contributed by atoms with E-state index in [1.807, 2.05) is 4.90 Å². The molecule has 4 heteroatoms. The van der Waals surface area contributed by atoms with Crippen molar-refractivity contribution in [1.29, 1.82) is 0 Å². The summed E-state index contributed by atoms with van der Waals surface area (Å²) in [6, 6.07) is 3.13. The van der Waals surface area contributed by atoms with E-state index in [1.54, 1.807) is 19.3 Å². The Kier molecular flexibility index (Phi) is 3.31. The molecule has 17 heavy (non-hydrogen) atoms. The van der Waals surface area contributed by atoms with E-state index in [0.717, 1.165) is 19.5 Å². The number of aryl methyl sites for hydroxylation is 1. The minimum Gasteiger partial charge on any atom is -0.338 e. The molecule has 0 radical (unpaired) electrons. The number of amides is 1. The number of carbonyl (C=O) groups excluding carboxylic acids is 1. The summed E-state index contributed by atoms with van der Waals surface area (Å²) in [6.45, 7) is 3.76. The predicted octanol–water partition coefficient (Wildman–Crippen LogP) is 1.26. The second-order valence-corrected chi connectivity index (χ2v) is 4.86. The molecule has 1 aromatic heterocycles. The van der Waals surface area contributed by atoms with Gasteiger partial charge in [0, 0.05) is 38.0 Å². The summed E-state index contributed by atoms with van der Waals surface area (Å²) in [7, 11) is 1.68. The van der Waals surface area contributed by atoms with Crippen molar-refractivity contribution in [2.24, 2.45) is 13.0 Å². The molecule has 0 saturated carbocycles. The molecule has 2 heterocycles. The van der Waals surface area contributed by atoms with E-state index in [9.17, 15) is 9.59 Å². The lowest BCUT2D eigenvalue weighted by atomic mass is 10.00. The normalized spacial score (nSPS) is 20.4. The van der Waals surface area contributed by atoms with Gasteiger partial charge in [0.2, 0.25) is 0 Å². The molecular formula is C13H18N2O2. The molecule has 0 aromatic carbocycles. The molecule has 2 rings (SSSR count). The number of rotatable bonds is 1. The van der Waals surface area contributed by atoms with Gasteiger partial charge in [-0.2, -0.15) is 0 Å². The lowest BCUT2D eigenvalue weighted by Gasteiger charge is -2.30. The maximum absolute atomic E-state index is 12.2. The van der Waals surface area contributed by atoms with Crippen LogP contribution in [0.2, 0.25) is 0 Å². The molecule has 0 aliphatic carbocycles. The molecule has 1 fully saturated rings. The molecule has 1 aliphatic heterocycles. The Hall–Kier alpha value is -1.58. The second-order valence-electron chi connectivity index (χ2n) is 4.86. The lowest BCUT2D eigenvalue weighted by molar-refractivity contribution is 0.0682. The third-order valence-corrected chi connectivity index (χ3v) is 3.30. The molecule has 1 atom stereocenters. The van der Waals surface area contributed by atoms with Crippen molar-refractivity contribution in [3.8, 4) is 0 Å². The molecular weight excluding hydrogens is 216 g/mol. The van der Waals surface area contributed by atoms with Gasteiger partial charge >= 0.3 is 0 Å². The Bertz CT molecular complexity index is 479. The number of hydrogen-bond donors (Lipinski definition) is 0. The van der Waals surface area contributed by atoms with Crippen LogP contribution in [0.15, 0.2) is 23.1 Å². The Morgan fingerprint density at radius 2 is 2.24 bits per heavy atom. The fraction of sp³-hybridized carbons (Fsp3) is 0.538. The van der Waals surface area contributed by atoms with Gasteiger partial charge in [0.25, 0.3) is 11.5 Å². The standard InChI is InChI=1S/C13H18N2O2/c1-10-4-3-6-15(9-10)13(17)11-5-7-14(2)12(16)8-11/h5,7-8,10H,3-4,6,9H2,1-2H3. The highest BCUT2D eigenvalue weighted by molar-refractivity contribution is 5.94. The molecule has 92 valence electrons. The number of carbonyl (C=O) groups is 1. The van der Waals surface area contributed by atoms with Gasteiger partial charge in [-0.25, -0.2) is 0 Å². The smallest absolute Gasteiger partial charge is 0.254 e. The Labute approximate surface area is 101 Å². The Balaban J connectivity index is 2.18. The van der Waals surface area contributed by atoms with Gasteiger partial charge in [-0.15, -0.1) is 0 Å². The van der Waals surface area contributed by atoms with Crippen molar-refractivity contribution in [2.75, 3.05) is 13.1 Å². The van der Waals surface area contributed by atoms with Crippen LogP contribution >= 0.6 is 0 Å². The van der Waals surface area contributed by atoms with Crippen molar-refractivity contribution in [3.63, 3.8) is 0 Å². The minimum absolute atomic E-state index is 0.0192. The molecule has 1 aliphatic rings. The van der Waals surface area contributed by atoms with Gasteiger partial charge in [-0.3, -0.25) is 9.59 Å². The van der Waals surface area contributed by atoms with Gasteiger partial charge in [-0.1, -0.05) is 6.92 Å². The largest absolute Gasteiger partial charge is 0.338 e. The van der Waals surface area contributed by atoms with Crippen molar-refractivity contribution >= 4 is 5.91 Å². The molecule has 0 spiro atoms. The highest BCUT2D eigenvalue weighted by Gasteiger charge is 2.22. The predicted molar refractivity (Wildman–Crippen MR) is 66.0 cm³/mol.